The molecule has 1 heterocycles. The first-order chi connectivity index (χ1) is 9.75. The van der Waals surface area contributed by atoms with Crippen LogP contribution in [-0.4, -0.2) is 30.6 Å². The van der Waals surface area contributed by atoms with Gasteiger partial charge in [-0.15, -0.1) is 6.58 Å². The molecule has 1 saturated heterocycles. The number of hydrogen-bond acceptors (Lipinski definition) is 5. The van der Waals surface area contributed by atoms with Crippen LogP contribution in [0.3, 0.4) is 0 Å². The molecule has 0 aliphatic carbocycles. The largest absolute Gasteiger partial charge is 0.358 e. The topological polar surface area (TPSA) is 38.3 Å². The Morgan fingerprint density at radius 2 is 2.30 bits per heavy atom. The molecule has 1 N–H and O–H groups in total. The van der Waals surface area contributed by atoms with Crippen LogP contribution in [0.5, 0.6) is 0 Å². The first-order valence-electron chi connectivity index (χ1n) is 6.52. The van der Waals surface area contributed by atoms with Crippen molar-refractivity contribution in [3.8, 4) is 0 Å². The molecule has 1 aliphatic rings. The SMILES string of the molecule is C=CCC(=O)C1(c2ccccc2)OCCNC1SSC. The lowest BCUT2D eigenvalue weighted by molar-refractivity contribution is -0.151. The van der Waals surface area contributed by atoms with Crippen LogP contribution < -0.4 is 5.32 Å². The number of carbonyl (C=O) groups is 1. The van der Waals surface area contributed by atoms with Crippen molar-refractivity contribution >= 4 is 27.4 Å². The maximum Gasteiger partial charge on any atom is 0.177 e. The van der Waals surface area contributed by atoms with Gasteiger partial charge in [-0.25, -0.2) is 0 Å². The van der Waals surface area contributed by atoms with Gasteiger partial charge in [0, 0.05) is 13.0 Å². The van der Waals surface area contributed by atoms with E-state index in [4.69, 9.17) is 4.74 Å². The van der Waals surface area contributed by atoms with Crippen molar-refractivity contribution in [2.75, 3.05) is 19.4 Å². The van der Waals surface area contributed by atoms with Crippen LogP contribution in [-0.2, 0) is 15.1 Å². The third-order valence-electron chi connectivity index (χ3n) is 3.27. The second-order valence-corrected chi connectivity index (χ2v) is 7.04. The highest BCUT2D eigenvalue weighted by Gasteiger charge is 2.49. The summed E-state index contributed by atoms with van der Waals surface area (Å²) in [4.78, 5) is 12.7. The van der Waals surface area contributed by atoms with Crippen LogP contribution in [0.15, 0.2) is 43.0 Å². The van der Waals surface area contributed by atoms with Gasteiger partial charge >= 0.3 is 0 Å². The number of carbonyl (C=O) groups excluding carboxylic acids is 1. The van der Waals surface area contributed by atoms with E-state index < -0.39 is 5.60 Å². The van der Waals surface area contributed by atoms with E-state index in [0.29, 0.717) is 13.0 Å². The molecule has 2 unspecified atom stereocenters. The minimum Gasteiger partial charge on any atom is -0.358 e. The Kier molecular flexibility index (Phi) is 5.72. The van der Waals surface area contributed by atoms with E-state index in [2.05, 4.69) is 11.9 Å². The highest BCUT2D eigenvalue weighted by molar-refractivity contribution is 8.76. The van der Waals surface area contributed by atoms with E-state index in [1.54, 1.807) is 27.7 Å². The molecular weight excluding hydrogens is 290 g/mol. The van der Waals surface area contributed by atoms with E-state index in [-0.39, 0.29) is 11.2 Å². The molecule has 20 heavy (non-hydrogen) atoms. The summed E-state index contributed by atoms with van der Waals surface area (Å²) in [5.41, 5.74) is -0.0212. The number of benzene rings is 1. The molecule has 0 spiro atoms. The van der Waals surface area contributed by atoms with Crippen molar-refractivity contribution in [2.45, 2.75) is 17.4 Å². The van der Waals surface area contributed by atoms with E-state index >= 15 is 0 Å². The van der Waals surface area contributed by atoms with Crippen molar-refractivity contribution < 1.29 is 9.53 Å². The van der Waals surface area contributed by atoms with E-state index in [1.807, 2.05) is 36.6 Å². The first-order valence-corrected chi connectivity index (χ1v) is 9.14. The third kappa shape index (κ3) is 2.96. The lowest BCUT2D eigenvalue weighted by Gasteiger charge is -2.42. The molecule has 3 nitrogen and oxygen atoms in total. The zero-order valence-electron chi connectivity index (χ0n) is 11.5. The van der Waals surface area contributed by atoms with E-state index in [1.165, 1.54) is 0 Å². The molecule has 0 radical (unpaired) electrons. The summed E-state index contributed by atoms with van der Waals surface area (Å²) in [6, 6.07) is 9.75. The fourth-order valence-electron chi connectivity index (χ4n) is 2.41. The average molecular weight is 309 g/mol. The van der Waals surface area contributed by atoms with Crippen LogP contribution in [0.1, 0.15) is 12.0 Å². The van der Waals surface area contributed by atoms with Crippen LogP contribution in [0.4, 0.5) is 0 Å². The van der Waals surface area contributed by atoms with Gasteiger partial charge in [0.1, 0.15) is 5.37 Å². The van der Waals surface area contributed by atoms with Crippen molar-refractivity contribution in [3.63, 3.8) is 0 Å². The summed E-state index contributed by atoms with van der Waals surface area (Å²) >= 11 is 0. The molecule has 1 fully saturated rings. The second-order valence-electron chi connectivity index (χ2n) is 4.46. The van der Waals surface area contributed by atoms with Crippen LogP contribution >= 0.6 is 21.6 Å². The van der Waals surface area contributed by atoms with Crippen molar-refractivity contribution in [1.82, 2.24) is 5.32 Å². The van der Waals surface area contributed by atoms with Gasteiger partial charge in [-0.05, 0) is 11.8 Å². The van der Waals surface area contributed by atoms with Gasteiger partial charge in [-0.1, -0.05) is 58.0 Å². The molecule has 1 aliphatic heterocycles. The Bertz CT molecular complexity index is 464. The number of rotatable bonds is 6. The molecule has 2 rings (SSSR count). The number of morpholine rings is 1. The summed E-state index contributed by atoms with van der Waals surface area (Å²) in [6.45, 7) is 4.97. The molecule has 108 valence electrons. The molecule has 0 bridgehead atoms. The first kappa shape index (κ1) is 15.6. The number of allylic oxidation sites excluding steroid dienone is 1. The van der Waals surface area contributed by atoms with Gasteiger partial charge < -0.3 is 4.74 Å². The van der Waals surface area contributed by atoms with Gasteiger partial charge in [-0.2, -0.15) is 0 Å². The fourth-order valence-corrected chi connectivity index (χ4v) is 4.45. The van der Waals surface area contributed by atoms with Crippen LogP contribution in [0.2, 0.25) is 0 Å². The van der Waals surface area contributed by atoms with Gasteiger partial charge in [0.2, 0.25) is 0 Å². The monoisotopic (exact) mass is 309 g/mol. The zero-order valence-corrected chi connectivity index (χ0v) is 13.1. The third-order valence-corrected chi connectivity index (χ3v) is 5.31. The van der Waals surface area contributed by atoms with Crippen molar-refractivity contribution in [2.24, 2.45) is 0 Å². The summed E-state index contributed by atoms with van der Waals surface area (Å²) in [7, 11) is 3.27. The predicted octanol–water partition coefficient (Wildman–Crippen LogP) is 2.98. The summed E-state index contributed by atoms with van der Waals surface area (Å²) in [5, 5.41) is 3.31. The summed E-state index contributed by atoms with van der Waals surface area (Å²) in [6.07, 6.45) is 3.96. The highest BCUT2D eigenvalue weighted by atomic mass is 33.1. The predicted molar refractivity (Wildman–Crippen MR) is 86.8 cm³/mol. The maximum absolute atomic E-state index is 12.7. The number of hydrogen-bond donors (Lipinski definition) is 1. The number of ether oxygens (including phenoxy) is 1. The fraction of sp³-hybridized carbons (Fsp3) is 0.400. The Balaban J connectivity index is 2.46. The Hall–Kier alpha value is -0.750. The smallest absolute Gasteiger partial charge is 0.177 e. The maximum atomic E-state index is 12.7. The Morgan fingerprint density at radius 3 is 2.95 bits per heavy atom. The minimum absolute atomic E-state index is 0.0532. The lowest BCUT2D eigenvalue weighted by atomic mass is 9.86. The second kappa shape index (κ2) is 7.31. The minimum atomic E-state index is -0.929. The summed E-state index contributed by atoms with van der Waals surface area (Å²) < 4.78 is 6.04. The van der Waals surface area contributed by atoms with Crippen LogP contribution in [0, 0.1) is 0 Å². The van der Waals surface area contributed by atoms with Gasteiger partial charge in [0.15, 0.2) is 11.4 Å². The lowest BCUT2D eigenvalue weighted by Crippen LogP contribution is -2.58. The zero-order chi connectivity index (χ0) is 14.4. The van der Waals surface area contributed by atoms with Gasteiger partial charge in [0.05, 0.1) is 6.61 Å². The molecule has 1 aromatic rings. The summed E-state index contributed by atoms with van der Waals surface area (Å²) in [5.74, 6) is 0.0532. The average Bonchev–Trinajstić information content (AvgIpc) is 2.49. The number of nitrogens with one attached hydrogen (secondary N) is 1. The van der Waals surface area contributed by atoms with Crippen molar-refractivity contribution in [3.05, 3.63) is 48.6 Å². The van der Waals surface area contributed by atoms with Crippen molar-refractivity contribution in [1.29, 1.82) is 0 Å². The van der Waals surface area contributed by atoms with Crippen LogP contribution in [0.25, 0.3) is 0 Å². The number of Topliss-reactive ketones (excluding diaryl/α,β-unsaturated/α-hetero) is 1. The normalized spacial score (nSPS) is 26.1. The molecule has 0 amide bonds. The number of ketones is 1. The highest BCUT2D eigenvalue weighted by Crippen LogP contribution is 2.42. The Morgan fingerprint density at radius 1 is 1.55 bits per heavy atom. The van der Waals surface area contributed by atoms with Gasteiger partial charge in [0.25, 0.3) is 0 Å². The standard InChI is InChI=1S/C15H19NO2S2/c1-3-7-13(17)15(12-8-5-4-6-9-12)14(20-19-2)16-10-11-18-15/h3-6,8-9,14,16H,1,7,10-11H2,2H3. The quantitative estimate of drug-likeness (QED) is 0.646. The van der Waals surface area contributed by atoms with E-state index in [0.717, 1.165) is 12.1 Å². The Labute approximate surface area is 127 Å². The molecule has 0 aromatic heterocycles. The van der Waals surface area contributed by atoms with E-state index in [9.17, 15) is 4.79 Å². The van der Waals surface area contributed by atoms with Gasteiger partial charge in [-0.3, -0.25) is 10.1 Å². The molecule has 0 saturated carbocycles. The molecular formula is C15H19NO2S2. The molecule has 5 heteroatoms. The molecule has 1 aromatic carbocycles. The molecule has 2 atom stereocenters.